The second kappa shape index (κ2) is 7.87. The number of fused-ring (bicyclic) bond motifs is 1. The Kier molecular flexibility index (Phi) is 5.30. The SMILES string of the molecule is COc1ccc(C2C(Cl)C(=O)N2NCC2=CC(=O)Nc3ccccc3S2)cc1. The molecule has 0 radical (unpaired) electrons. The van der Waals surface area contributed by atoms with E-state index < -0.39 is 5.38 Å². The summed E-state index contributed by atoms with van der Waals surface area (Å²) in [6, 6.07) is 14.8. The van der Waals surface area contributed by atoms with Crippen molar-refractivity contribution in [1.29, 1.82) is 0 Å². The Balaban J connectivity index is 1.47. The van der Waals surface area contributed by atoms with Gasteiger partial charge in [-0.05, 0) is 29.8 Å². The molecule has 2 unspecified atom stereocenters. The molecule has 2 N–H and O–H groups in total. The zero-order valence-electron chi connectivity index (χ0n) is 15.0. The first-order valence-electron chi connectivity index (χ1n) is 8.70. The van der Waals surface area contributed by atoms with Crippen molar-refractivity contribution in [2.24, 2.45) is 0 Å². The number of ether oxygens (including phenoxy) is 1. The van der Waals surface area contributed by atoms with Gasteiger partial charge < -0.3 is 10.1 Å². The molecule has 0 spiro atoms. The number of methoxy groups -OCH3 is 1. The third kappa shape index (κ3) is 3.61. The minimum Gasteiger partial charge on any atom is -0.497 e. The third-order valence-corrected chi connectivity index (χ3v) is 6.11. The molecule has 2 aromatic carbocycles. The number of nitrogens with one attached hydrogen (secondary N) is 2. The van der Waals surface area contributed by atoms with Crippen molar-refractivity contribution in [3.05, 3.63) is 65.1 Å². The molecule has 8 heteroatoms. The van der Waals surface area contributed by atoms with E-state index in [4.69, 9.17) is 16.3 Å². The highest BCUT2D eigenvalue weighted by Gasteiger charge is 2.47. The van der Waals surface area contributed by atoms with Gasteiger partial charge >= 0.3 is 0 Å². The summed E-state index contributed by atoms with van der Waals surface area (Å²) in [4.78, 5) is 26.1. The second-order valence-electron chi connectivity index (χ2n) is 6.36. The van der Waals surface area contributed by atoms with Gasteiger partial charge in [0, 0.05) is 22.4 Å². The number of amides is 2. The minimum atomic E-state index is -0.624. The Labute approximate surface area is 171 Å². The second-order valence-corrected chi connectivity index (χ2v) is 8.00. The van der Waals surface area contributed by atoms with Crippen LogP contribution in [-0.4, -0.2) is 35.9 Å². The van der Waals surface area contributed by atoms with E-state index >= 15 is 0 Å². The van der Waals surface area contributed by atoms with E-state index in [9.17, 15) is 9.59 Å². The number of para-hydroxylation sites is 1. The van der Waals surface area contributed by atoms with Gasteiger partial charge in [0.2, 0.25) is 5.91 Å². The maximum atomic E-state index is 12.3. The van der Waals surface area contributed by atoms with Gasteiger partial charge in [-0.3, -0.25) is 14.6 Å². The smallest absolute Gasteiger partial charge is 0.257 e. The molecule has 2 aliphatic heterocycles. The van der Waals surface area contributed by atoms with Crippen LogP contribution in [0.3, 0.4) is 0 Å². The number of rotatable bonds is 5. The summed E-state index contributed by atoms with van der Waals surface area (Å²) in [7, 11) is 1.60. The van der Waals surface area contributed by atoms with Crippen LogP contribution in [0.2, 0.25) is 0 Å². The summed E-state index contributed by atoms with van der Waals surface area (Å²) < 4.78 is 5.18. The Morgan fingerprint density at radius 2 is 1.93 bits per heavy atom. The molecule has 2 aliphatic rings. The van der Waals surface area contributed by atoms with Gasteiger partial charge in [0.05, 0.1) is 18.8 Å². The first kappa shape index (κ1) is 18.9. The summed E-state index contributed by atoms with van der Waals surface area (Å²) in [5, 5.41) is 3.75. The summed E-state index contributed by atoms with van der Waals surface area (Å²) in [6.07, 6.45) is 1.54. The molecule has 1 saturated heterocycles. The van der Waals surface area contributed by atoms with Crippen LogP contribution in [0.25, 0.3) is 0 Å². The van der Waals surface area contributed by atoms with Crippen LogP contribution in [0.15, 0.2) is 64.4 Å². The monoisotopic (exact) mass is 415 g/mol. The Morgan fingerprint density at radius 1 is 1.18 bits per heavy atom. The van der Waals surface area contributed by atoms with Crippen LogP contribution in [0.4, 0.5) is 5.69 Å². The number of carbonyl (C=O) groups is 2. The van der Waals surface area contributed by atoms with E-state index in [-0.39, 0.29) is 17.9 Å². The number of benzene rings is 2. The van der Waals surface area contributed by atoms with E-state index in [1.807, 2.05) is 48.5 Å². The minimum absolute atomic E-state index is 0.188. The zero-order valence-corrected chi connectivity index (χ0v) is 16.6. The highest BCUT2D eigenvalue weighted by atomic mass is 35.5. The van der Waals surface area contributed by atoms with Gasteiger partial charge in [0.15, 0.2) is 0 Å². The normalized spacial score (nSPS) is 21.2. The van der Waals surface area contributed by atoms with Gasteiger partial charge in [-0.25, -0.2) is 5.43 Å². The van der Waals surface area contributed by atoms with Gasteiger partial charge in [0.25, 0.3) is 5.91 Å². The molecular formula is C20H18ClN3O3S. The molecule has 0 aromatic heterocycles. The summed E-state index contributed by atoms with van der Waals surface area (Å²) in [6.45, 7) is 0.342. The van der Waals surface area contributed by atoms with Crippen LogP contribution < -0.4 is 15.5 Å². The average Bonchev–Trinajstić information content (AvgIpc) is 2.88. The number of hydrazine groups is 1. The number of nitrogens with zero attached hydrogens (tertiary/aromatic N) is 1. The van der Waals surface area contributed by atoms with Gasteiger partial charge in [-0.1, -0.05) is 36.0 Å². The number of thioether (sulfide) groups is 1. The maximum absolute atomic E-state index is 12.3. The predicted octanol–water partition coefficient (Wildman–Crippen LogP) is 3.32. The lowest BCUT2D eigenvalue weighted by Crippen LogP contribution is -2.62. The maximum Gasteiger partial charge on any atom is 0.257 e. The fourth-order valence-corrected chi connectivity index (χ4v) is 4.47. The Morgan fingerprint density at radius 3 is 2.68 bits per heavy atom. The molecule has 2 heterocycles. The predicted molar refractivity (Wildman–Crippen MR) is 109 cm³/mol. The molecule has 0 saturated carbocycles. The fourth-order valence-electron chi connectivity index (χ4n) is 3.14. The van der Waals surface area contributed by atoms with Crippen LogP contribution in [-0.2, 0) is 9.59 Å². The van der Waals surface area contributed by atoms with E-state index in [1.54, 1.807) is 13.2 Å². The van der Waals surface area contributed by atoms with E-state index in [0.29, 0.717) is 6.54 Å². The molecule has 2 amide bonds. The number of halogens is 1. The lowest BCUT2D eigenvalue weighted by Gasteiger charge is -2.44. The first-order chi connectivity index (χ1) is 13.6. The molecule has 144 valence electrons. The molecule has 0 bridgehead atoms. The Hall–Kier alpha value is -2.48. The van der Waals surface area contributed by atoms with Crippen molar-refractivity contribution in [3.63, 3.8) is 0 Å². The lowest BCUT2D eigenvalue weighted by molar-refractivity contribution is -0.150. The van der Waals surface area contributed by atoms with Gasteiger partial charge in [0.1, 0.15) is 11.1 Å². The van der Waals surface area contributed by atoms with E-state index in [2.05, 4.69) is 10.7 Å². The summed E-state index contributed by atoms with van der Waals surface area (Å²) >= 11 is 7.75. The van der Waals surface area contributed by atoms with E-state index in [0.717, 1.165) is 26.8 Å². The average molecular weight is 416 g/mol. The van der Waals surface area contributed by atoms with Crippen molar-refractivity contribution >= 4 is 40.9 Å². The zero-order chi connectivity index (χ0) is 19.7. The van der Waals surface area contributed by atoms with Crippen LogP contribution in [0, 0.1) is 0 Å². The number of alkyl halides is 1. The number of anilines is 1. The summed E-state index contributed by atoms with van der Waals surface area (Å²) in [5.41, 5.74) is 4.82. The third-order valence-electron chi connectivity index (χ3n) is 4.59. The van der Waals surface area contributed by atoms with Crippen molar-refractivity contribution < 1.29 is 14.3 Å². The van der Waals surface area contributed by atoms with Crippen LogP contribution in [0.1, 0.15) is 11.6 Å². The number of hydrogen-bond donors (Lipinski definition) is 2. The quantitative estimate of drug-likeness (QED) is 0.579. The van der Waals surface area contributed by atoms with Crippen molar-refractivity contribution in [3.8, 4) is 5.75 Å². The first-order valence-corrected chi connectivity index (χ1v) is 9.95. The summed E-state index contributed by atoms with van der Waals surface area (Å²) in [5.74, 6) is 0.363. The Bertz CT molecular complexity index is 948. The molecule has 1 fully saturated rings. The molecular weight excluding hydrogens is 398 g/mol. The topological polar surface area (TPSA) is 70.7 Å². The van der Waals surface area contributed by atoms with Crippen LogP contribution in [0.5, 0.6) is 5.75 Å². The fraction of sp³-hybridized carbons (Fsp3) is 0.200. The molecule has 28 heavy (non-hydrogen) atoms. The van der Waals surface area contributed by atoms with Crippen LogP contribution >= 0.6 is 23.4 Å². The van der Waals surface area contributed by atoms with E-state index in [1.165, 1.54) is 16.8 Å². The number of carbonyl (C=O) groups excluding carboxylic acids is 2. The molecule has 2 atom stereocenters. The van der Waals surface area contributed by atoms with Gasteiger partial charge in [-0.2, -0.15) is 0 Å². The molecule has 0 aliphatic carbocycles. The highest BCUT2D eigenvalue weighted by molar-refractivity contribution is 8.03. The largest absolute Gasteiger partial charge is 0.497 e. The molecule has 4 rings (SSSR count). The van der Waals surface area contributed by atoms with Crippen molar-refractivity contribution in [1.82, 2.24) is 10.4 Å². The van der Waals surface area contributed by atoms with Crippen molar-refractivity contribution in [2.75, 3.05) is 19.0 Å². The number of hydrogen-bond acceptors (Lipinski definition) is 5. The molecule has 2 aromatic rings. The standard InChI is InChI=1S/C20H18ClN3O3S/c1-27-13-8-6-12(7-9-13)19-18(21)20(26)24(19)22-11-14-10-17(25)23-15-4-2-3-5-16(15)28-14/h2-10,18-19,22H,11H2,1H3,(H,23,25). The molecule has 6 nitrogen and oxygen atoms in total. The lowest BCUT2D eigenvalue weighted by atomic mass is 9.95. The van der Waals surface area contributed by atoms with Gasteiger partial charge in [-0.15, -0.1) is 11.6 Å². The van der Waals surface area contributed by atoms with Crippen molar-refractivity contribution in [2.45, 2.75) is 16.3 Å². The number of β-lactam (4-membered cyclic amide) rings is 1. The highest BCUT2D eigenvalue weighted by Crippen LogP contribution is 2.39.